The SMILES string of the molecule is O=C(C[C@@H]1CC[C@H]2[C@@H](COC[C@@H](O)CN2C(=O)C2CC2)O1)NCc1ccccc1Cl. The van der Waals surface area contributed by atoms with Crippen LogP contribution in [-0.2, 0) is 25.6 Å². The van der Waals surface area contributed by atoms with Crippen molar-refractivity contribution < 1.29 is 24.2 Å². The molecule has 4 rings (SSSR count). The first-order valence-electron chi connectivity index (χ1n) is 10.7. The van der Waals surface area contributed by atoms with Crippen LogP contribution in [0.1, 0.15) is 37.7 Å². The molecule has 1 aromatic carbocycles. The van der Waals surface area contributed by atoms with E-state index in [0.717, 1.165) is 24.8 Å². The zero-order chi connectivity index (χ0) is 21.1. The van der Waals surface area contributed by atoms with Gasteiger partial charge >= 0.3 is 0 Å². The monoisotopic (exact) mass is 436 g/mol. The molecule has 2 aliphatic heterocycles. The fraction of sp³-hybridized carbons (Fsp3) is 0.636. The van der Waals surface area contributed by atoms with E-state index in [1.807, 2.05) is 23.1 Å². The van der Waals surface area contributed by atoms with Gasteiger partial charge in [-0.3, -0.25) is 9.59 Å². The van der Waals surface area contributed by atoms with Crippen molar-refractivity contribution in [1.82, 2.24) is 10.2 Å². The van der Waals surface area contributed by atoms with Gasteiger partial charge in [0.05, 0.1) is 37.9 Å². The van der Waals surface area contributed by atoms with Crippen LogP contribution in [-0.4, -0.2) is 65.9 Å². The highest BCUT2D eigenvalue weighted by atomic mass is 35.5. The minimum atomic E-state index is -0.679. The largest absolute Gasteiger partial charge is 0.389 e. The van der Waals surface area contributed by atoms with Crippen LogP contribution in [0, 0.1) is 5.92 Å². The van der Waals surface area contributed by atoms with E-state index in [1.54, 1.807) is 6.07 Å². The number of amides is 2. The fourth-order valence-corrected chi connectivity index (χ4v) is 4.48. The number of hydrogen-bond acceptors (Lipinski definition) is 5. The van der Waals surface area contributed by atoms with Crippen molar-refractivity contribution >= 4 is 23.4 Å². The van der Waals surface area contributed by atoms with Crippen LogP contribution in [0.15, 0.2) is 24.3 Å². The van der Waals surface area contributed by atoms with Gasteiger partial charge in [0.15, 0.2) is 0 Å². The number of nitrogens with one attached hydrogen (secondary N) is 1. The number of aliphatic hydroxyl groups excluding tert-OH is 1. The van der Waals surface area contributed by atoms with Gasteiger partial charge in [0.1, 0.15) is 6.10 Å². The van der Waals surface area contributed by atoms with Gasteiger partial charge < -0.3 is 24.8 Å². The molecule has 0 bridgehead atoms. The summed E-state index contributed by atoms with van der Waals surface area (Å²) in [4.78, 5) is 27.0. The lowest BCUT2D eigenvalue weighted by Gasteiger charge is -2.44. The summed E-state index contributed by atoms with van der Waals surface area (Å²) in [5.74, 6) is 0.114. The maximum atomic E-state index is 12.8. The van der Waals surface area contributed by atoms with E-state index in [-0.39, 0.29) is 55.6 Å². The normalized spacial score (nSPS) is 29.5. The number of halogens is 1. The highest BCUT2D eigenvalue weighted by molar-refractivity contribution is 6.31. The third-order valence-corrected chi connectivity index (χ3v) is 6.41. The van der Waals surface area contributed by atoms with E-state index in [2.05, 4.69) is 5.32 Å². The molecule has 0 unspecified atom stereocenters. The molecule has 0 aromatic heterocycles. The average molecular weight is 437 g/mol. The molecule has 3 fully saturated rings. The predicted octanol–water partition coefficient (Wildman–Crippen LogP) is 1.89. The lowest BCUT2D eigenvalue weighted by Crippen LogP contribution is -2.57. The first-order chi connectivity index (χ1) is 14.5. The Kier molecular flexibility index (Phi) is 6.93. The van der Waals surface area contributed by atoms with Crippen molar-refractivity contribution in [3.05, 3.63) is 34.9 Å². The zero-order valence-electron chi connectivity index (χ0n) is 17.0. The van der Waals surface area contributed by atoms with Crippen molar-refractivity contribution in [3.63, 3.8) is 0 Å². The third-order valence-electron chi connectivity index (χ3n) is 6.04. The number of rotatable bonds is 5. The minimum Gasteiger partial charge on any atom is -0.389 e. The van der Waals surface area contributed by atoms with Crippen LogP contribution in [0.25, 0.3) is 0 Å². The molecule has 3 aliphatic rings. The van der Waals surface area contributed by atoms with Crippen molar-refractivity contribution in [2.75, 3.05) is 19.8 Å². The van der Waals surface area contributed by atoms with E-state index in [0.29, 0.717) is 24.6 Å². The lowest BCUT2D eigenvalue weighted by atomic mass is 9.94. The molecular weight excluding hydrogens is 408 g/mol. The van der Waals surface area contributed by atoms with Gasteiger partial charge in [-0.05, 0) is 37.3 Å². The topological polar surface area (TPSA) is 88.1 Å². The molecule has 30 heavy (non-hydrogen) atoms. The standard InChI is InChI=1S/C22H29ClN2O5/c23-18-4-2-1-3-15(18)10-24-21(27)9-17-7-8-19-20(30-17)13-29-12-16(26)11-25(19)22(28)14-5-6-14/h1-4,14,16-17,19-20,26H,5-13H2,(H,24,27)/t16-,17-,19-,20+/m0/s1. The molecule has 8 heteroatoms. The van der Waals surface area contributed by atoms with Gasteiger partial charge in [-0.2, -0.15) is 0 Å². The Morgan fingerprint density at radius 2 is 1.97 bits per heavy atom. The number of nitrogens with zero attached hydrogens (tertiary/aromatic N) is 1. The van der Waals surface area contributed by atoms with Crippen molar-refractivity contribution in [2.45, 2.75) is 63.0 Å². The summed E-state index contributed by atoms with van der Waals surface area (Å²) in [5, 5.41) is 13.7. The number of fused-ring (bicyclic) bond motifs is 1. The van der Waals surface area contributed by atoms with Gasteiger partial charge in [-0.25, -0.2) is 0 Å². The molecule has 4 atom stereocenters. The Labute approximate surface area is 181 Å². The number of carbonyl (C=O) groups excluding carboxylic acids is 2. The Morgan fingerprint density at radius 3 is 2.73 bits per heavy atom. The van der Waals surface area contributed by atoms with E-state index in [1.165, 1.54) is 0 Å². The van der Waals surface area contributed by atoms with Crippen molar-refractivity contribution in [3.8, 4) is 0 Å². The van der Waals surface area contributed by atoms with Crippen LogP contribution in [0.4, 0.5) is 0 Å². The molecule has 0 spiro atoms. The number of benzene rings is 1. The Balaban J connectivity index is 1.33. The molecule has 2 heterocycles. The third kappa shape index (κ3) is 5.32. The summed E-state index contributed by atoms with van der Waals surface area (Å²) in [5.41, 5.74) is 0.873. The smallest absolute Gasteiger partial charge is 0.226 e. The van der Waals surface area contributed by atoms with Gasteiger partial charge in [-0.1, -0.05) is 29.8 Å². The highest BCUT2D eigenvalue weighted by Gasteiger charge is 2.43. The van der Waals surface area contributed by atoms with E-state index >= 15 is 0 Å². The summed E-state index contributed by atoms with van der Waals surface area (Å²) < 4.78 is 11.8. The average Bonchev–Trinajstić information content (AvgIpc) is 3.55. The Bertz CT molecular complexity index is 772. The summed E-state index contributed by atoms with van der Waals surface area (Å²) in [7, 11) is 0. The van der Waals surface area contributed by atoms with E-state index < -0.39 is 6.10 Å². The maximum absolute atomic E-state index is 12.8. The highest BCUT2D eigenvalue weighted by Crippen LogP contribution is 2.35. The van der Waals surface area contributed by atoms with E-state index in [4.69, 9.17) is 21.1 Å². The molecule has 1 aromatic rings. The van der Waals surface area contributed by atoms with Crippen molar-refractivity contribution in [2.24, 2.45) is 5.92 Å². The molecule has 1 saturated carbocycles. The minimum absolute atomic E-state index is 0.0894. The predicted molar refractivity (Wildman–Crippen MR) is 111 cm³/mol. The van der Waals surface area contributed by atoms with Crippen LogP contribution >= 0.6 is 11.6 Å². The molecule has 7 nitrogen and oxygen atoms in total. The summed E-state index contributed by atoms with van der Waals surface area (Å²) >= 11 is 6.14. The summed E-state index contributed by atoms with van der Waals surface area (Å²) in [6, 6.07) is 7.31. The number of ether oxygens (including phenoxy) is 2. The number of aliphatic hydroxyl groups is 1. The Morgan fingerprint density at radius 1 is 1.17 bits per heavy atom. The number of β-amino-alcohol motifs (C(OH)–C–C–N with tert-alkyl or cyclic N) is 1. The summed E-state index contributed by atoms with van der Waals surface area (Å²) in [6.07, 6.45) is 2.35. The molecule has 164 valence electrons. The first kappa shape index (κ1) is 21.6. The quantitative estimate of drug-likeness (QED) is 0.736. The van der Waals surface area contributed by atoms with E-state index in [9.17, 15) is 14.7 Å². The zero-order valence-corrected chi connectivity index (χ0v) is 17.7. The molecule has 0 radical (unpaired) electrons. The van der Waals surface area contributed by atoms with Crippen LogP contribution in [0.5, 0.6) is 0 Å². The lowest BCUT2D eigenvalue weighted by molar-refractivity contribution is -0.170. The molecule has 1 aliphatic carbocycles. The second kappa shape index (κ2) is 9.64. The van der Waals surface area contributed by atoms with Crippen LogP contribution in [0.3, 0.4) is 0 Å². The fourth-order valence-electron chi connectivity index (χ4n) is 4.27. The number of hydrogen-bond donors (Lipinski definition) is 2. The van der Waals surface area contributed by atoms with Gasteiger partial charge in [0.2, 0.25) is 11.8 Å². The van der Waals surface area contributed by atoms with Gasteiger partial charge in [0, 0.05) is 24.0 Å². The second-order valence-corrected chi connectivity index (χ2v) is 8.88. The molecule has 2 saturated heterocycles. The summed E-state index contributed by atoms with van der Waals surface area (Å²) in [6.45, 7) is 1.16. The maximum Gasteiger partial charge on any atom is 0.226 e. The molecule has 2 amide bonds. The first-order valence-corrected chi connectivity index (χ1v) is 11.1. The van der Waals surface area contributed by atoms with Crippen molar-refractivity contribution in [1.29, 1.82) is 0 Å². The second-order valence-electron chi connectivity index (χ2n) is 8.47. The van der Waals surface area contributed by atoms with Crippen LogP contribution in [0.2, 0.25) is 5.02 Å². The van der Waals surface area contributed by atoms with Gasteiger partial charge in [-0.15, -0.1) is 0 Å². The number of carbonyl (C=O) groups is 2. The molecular formula is C22H29ClN2O5. The van der Waals surface area contributed by atoms with Gasteiger partial charge in [0.25, 0.3) is 0 Å². The Hall–Kier alpha value is -1.67. The molecule has 2 N–H and O–H groups in total. The van der Waals surface area contributed by atoms with Crippen LogP contribution < -0.4 is 5.32 Å².